The monoisotopic (exact) mass is 235 g/mol. The first-order valence-corrected chi connectivity index (χ1v) is 6.08. The van der Waals surface area contributed by atoms with Gasteiger partial charge >= 0.3 is 0 Å². The number of nitriles is 1. The van der Waals surface area contributed by atoms with Crippen molar-refractivity contribution >= 4 is 16.6 Å². The molecule has 0 heterocycles. The van der Waals surface area contributed by atoms with E-state index in [0.29, 0.717) is 12.8 Å². The van der Waals surface area contributed by atoms with Gasteiger partial charge in [-0.05, 0) is 28.8 Å². The van der Waals surface area contributed by atoms with E-state index in [1.165, 1.54) is 10.9 Å². The third kappa shape index (κ3) is 1.37. The molecule has 1 aliphatic carbocycles. The van der Waals surface area contributed by atoms with E-state index in [1.54, 1.807) is 0 Å². The van der Waals surface area contributed by atoms with E-state index in [9.17, 15) is 10.1 Å². The van der Waals surface area contributed by atoms with Crippen molar-refractivity contribution in [3.8, 4) is 6.07 Å². The first-order valence-electron chi connectivity index (χ1n) is 6.08. The summed E-state index contributed by atoms with van der Waals surface area (Å²) in [4.78, 5) is 11.3. The second-order valence-electron chi connectivity index (χ2n) is 5.06. The summed E-state index contributed by atoms with van der Waals surface area (Å²) in [6.45, 7) is 2.07. The number of carbonyl (C=O) groups is 1. The van der Waals surface area contributed by atoms with E-state index in [1.807, 2.05) is 30.3 Å². The summed E-state index contributed by atoms with van der Waals surface area (Å²) in [6.07, 6.45) is 0.715. The molecule has 0 bridgehead atoms. The van der Waals surface area contributed by atoms with Crippen molar-refractivity contribution in [3.63, 3.8) is 0 Å². The second-order valence-corrected chi connectivity index (χ2v) is 5.06. The van der Waals surface area contributed by atoms with Crippen LogP contribution in [-0.4, -0.2) is 5.78 Å². The summed E-state index contributed by atoms with van der Waals surface area (Å²) in [5.74, 6) is 0.182. The van der Waals surface area contributed by atoms with Crippen LogP contribution in [0.1, 0.15) is 24.0 Å². The van der Waals surface area contributed by atoms with Gasteiger partial charge in [-0.25, -0.2) is 0 Å². The fourth-order valence-electron chi connectivity index (χ4n) is 2.82. The molecule has 0 aromatic heterocycles. The van der Waals surface area contributed by atoms with Crippen LogP contribution >= 0.6 is 0 Å². The Morgan fingerprint density at radius 3 is 2.39 bits per heavy atom. The van der Waals surface area contributed by atoms with Crippen LogP contribution in [0.25, 0.3) is 10.8 Å². The number of benzene rings is 2. The van der Waals surface area contributed by atoms with Gasteiger partial charge in [-0.15, -0.1) is 0 Å². The lowest BCUT2D eigenvalue weighted by molar-refractivity contribution is -0.126. The Labute approximate surface area is 106 Å². The van der Waals surface area contributed by atoms with Crippen LogP contribution in [-0.2, 0) is 10.2 Å². The van der Waals surface area contributed by atoms with Crippen LogP contribution in [0.2, 0.25) is 0 Å². The van der Waals surface area contributed by atoms with Gasteiger partial charge in [0.2, 0.25) is 0 Å². The zero-order valence-electron chi connectivity index (χ0n) is 10.2. The molecule has 0 atom stereocenters. The van der Waals surface area contributed by atoms with Crippen molar-refractivity contribution in [2.45, 2.75) is 25.2 Å². The van der Waals surface area contributed by atoms with E-state index in [2.05, 4.69) is 19.1 Å². The number of carbonyl (C=O) groups excluding carboxylic acids is 1. The van der Waals surface area contributed by atoms with Gasteiger partial charge in [0.1, 0.15) is 5.78 Å². The zero-order chi connectivity index (χ0) is 12.8. The van der Waals surface area contributed by atoms with Crippen LogP contribution < -0.4 is 0 Å². The molecule has 0 saturated heterocycles. The molecule has 88 valence electrons. The van der Waals surface area contributed by atoms with Crippen molar-refractivity contribution < 1.29 is 4.79 Å². The fraction of sp³-hybridized carbons (Fsp3) is 0.250. The molecule has 0 aliphatic heterocycles. The summed E-state index contributed by atoms with van der Waals surface area (Å²) in [5.41, 5.74) is 1.61. The second kappa shape index (κ2) is 3.68. The molecule has 1 fully saturated rings. The lowest BCUT2D eigenvalue weighted by Gasteiger charge is -2.35. The predicted octanol–water partition coefficient (Wildman–Crippen LogP) is 3.27. The molecule has 0 unspecified atom stereocenters. The summed E-state index contributed by atoms with van der Waals surface area (Å²) >= 11 is 0. The van der Waals surface area contributed by atoms with E-state index in [0.717, 1.165) is 10.9 Å². The maximum atomic E-state index is 11.3. The zero-order valence-corrected chi connectivity index (χ0v) is 10.2. The van der Waals surface area contributed by atoms with Crippen molar-refractivity contribution in [3.05, 3.63) is 47.5 Å². The number of nitrogens with zero attached hydrogens (tertiary/aromatic N) is 1. The average molecular weight is 235 g/mol. The third-order valence-corrected chi connectivity index (χ3v) is 3.87. The maximum Gasteiger partial charge on any atom is 0.136 e. The number of hydrogen-bond donors (Lipinski definition) is 0. The number of aryl methyl sites for hydroxylation is 1. The van der Waals surface area contributed by atoms with E-state index in [4.69, 9.17) is 0 Å². The summed E-state index contributed by atoms with van der Waals surface area (Å²) in [7, 11) is 0. The summed E-state index contributed by atoms with van der Waals surface area (Å²) in [5, 5.41) is 11.7. The van der Waals surface area contributed by atoms with Gasteiger partial charge in [0.05, 0.1) is 11.5 Å². The molecular formula is C16H13NO. The van der Waals surface area contributed by atoms with Crippen LogP contribution in [0.15, 0.2) is 36.4 Å². The highest BCUT2D eigenvalue weighted by atomic mass is 16.1. The Morgan fingerprint density at radius 1 is 1.11 bits per heavy atom. The van der Waals surface area contributed by atoms with Gasteiger partial charge in [-0.3, -0.25) is 4.79 Å². The standard InChI is InChI=1S/C16H13NO/c1-11-6-7-15(14-5-3-2-4-13(11)14)16(10-17)8-12(18)9-16/h2-7H,8-9H2,1H3. The van der Waals surface area contributed by atoms with Crippen LogP contribution in [0.3, 0.4) is 0 Å². The van der Waals surface area contributed by atoms with E-state index in [-0.39, 0.29) is 5.78 Å². The predicted molar refractivity (Wildman–Crippen MR) is 70.2 cm³/mol. The minimum atomic E-state index is -0.593. The first-order chi connectivity index (χ1) is 8.66. The maximum absolute atomic E-state index is 11.3. The Bertz CT molecular complexity index is 686. The quantitative estimate of drug-likeness (QED) is 0.761. The highest BCUT2D eigenvalue weighted by Crippen LogP contribution is 2.43. The molecule has 0 N–H and O–H groups in total. The van der Waals surface area contributed by atoms with Crippen LogP contribution in [0.5, 0.6) is 0 Å². The molecule has 3 rings (SSSR count). The molecule has 18 heavy (non-hydrogen) atoms. The van der Waals surface area contributed by atoms with Crippen LogP contribution in [0.4, 0.5) is 0 Å². The van der Waals surface area contributed by atoms with Gasteiger partial charge < -0.3 is 0 Å². The Balaban J connectivity index is 2.28. The first kappa shape index (κ1) is 11.0. The van der Waals surface area contributed by atoms with Gasteiger partial charge in [0, 0.05) is 12.8 Å². The SMILES string of the molecule is Cc1ccc(C2(C#N)CC(=O)C2)c2ccccc12. The lowest BCUT2D eigenvalue weighted by atomic mass is 9.63. The molecule has 0 spiro atoms. The summed E-state index contributed by atoms with van der Waals surface area (Å²) in [6, 6.07) is 14.5. The molecule has 2 heteroatoms. The smallest absolute Gasteiger partial charge is 0.136 e. The number of fused-ring (bicyclic) bond motifs is 1. The molecule has 2 aromatic carbocycles. The average Bonchev–Trinajstić information content (AvgIpc) is 2.36. The molecule has 2 nitrogen and oxygen atoms in total. The van der Waals surface area contributed by atoms with Crippen LogP contribution in [0, 0.1) is 18.3 Å². The molecule has 0 amide bonds. The summed E-state index contributed by atoms with van der Waals surface area (Å²) < 4.78 is 0. The third-order valence-electron chi connectivity index (χ3n) is 3.87. The topological polar surface area (TPSA) is 40.9 Å². The van der Waals surface area contributed by atoms with Crippen molar-refractivity contribution in [2.24, 2.45) is 0 Å². The van der Waals surface area contributed by atoms with Crippen molar-refractivity contribution in [2.75, 3.05) is 0 Å². The Kier molecular flexibility index (Phi) is 2.24. The normalized spacial score (nSPS) is 17.2. The number of hydrogen-bond acceptors (Lipinski definition) is 2. The molecule has 1 aliphatic rings. The minimum Gasteiger partial charge on any atom is -0.300 e. The van der Waals surface area contributed by atoms with E-state index >= 15 is 0 Å². The Hall–Kier alpha value is -2.14. The molecule has 1 saturated carbocycles. The van der Waals surface area contributed by atoms with Gasteiger partial charge in [-0.2, -0.15) is 5.26 Å². The van der Waals surface area contributed by atoms with Gasteiger partial charge in [0.15, 0.2) is 0 Å². The van der Waals surface area contributed by atoms with Crippen molar-refractivity contribution in [1.29, 1.82) is 5.26 Å². The minimum absolute atomic E-state index is 0.182. The van der Waals surface area contributed by atoms with Gasteiger partial charge in [-0.1, -0.05) is 36.4 Å². The highest BCUT2D eigenvalue weighted by molar-refractivity contribution is 5.96. The molecule has 0 radical (unpaired) electrons. The Morgan fingerprint density at radius 2 is 1.78 bits per heavy atom. The molecular weight excluding hydrogens is 222 g/mol. The number of ketones is 1. The fourth-order valence-corrected chi connectivity index (χ4v) is 2.82. The number of rotatable bonds is 1. The lowest BCUT2D eigenvalue weighted by Crippen LogP contribution is -2.40. The van der Waals surface area contributed by atoms with Crippen molar-refractivity contribution in [1.82, 2.24) is 0 Å². The van der Waals surface area contributed by atoms with Gasteiger partial charge in [0.25, 0.3) is 0 Å². The van der Waals surface area contributed by atoms with E-state index < -0.39 is 5.41 Å². The number of Topliss-reactive ketones (excluding diaryl/α,β-unsaturated/α-hetero) is 1. The molecule has 2 aromatic rings. The highest BCUT2D eigenvalue weighted by Gasteiger charge is 2.46. The largest absolute Gasteiger partial charge is 0.300 e.